The number of benzene rings is 2. The number of sulfonamides is 1. The van der Waals surface area contributed by atoms with Crippen LogP contribution < -0.4 is 4.74 Å². The van der Waals surface area contributed by atoms with Gasteiger partial charge in [-0.3, -0.25) is 0 Å². The topological polar surface area (TPSA) is 55.8 Å². The Morgan fingerprint density at radius 1 is 1.08 bits per heavy atom. The smallest absolute Gasteiger partial charge is 0.243 e. The summed E-state index contributed by atoms with van der Waals surface area (Å²) in [5, 5.41) is 0. The zero-order valence-electron chi connectivity index (χ0n) is 14.5. The molecule has 0 amide bonds. The minimum absolute atomic E-state index is 0.253. The summed E-state index contributed by atoms with van der Waals surface area (Å²) in [6, 6.07) is 12.5. The summed E-state index contributed by atoms with van der Waals surface area (Å²) in [5.74, 6) is 0.659. The zero-order valence-corrected chi connectivity index (χ0v) is 16.9. The molecule has 0 spiro atoms. The molecule has 0 heterocycles. The predicted molar refractivity (Wildman–Crippen MR) is 101 cm³/mol. The van der Waals surface area contributed by atoms with Crippen molar-refractivity contribution in [3.63, 3.8) is 0 Å². The maximum absolute atomic E-state index is 12.8. The second-order valence-corrected chi connectivity index (χ2v) is 8.62. The average Bonchev–Trinajstić information content (AvgIpc) is 2.58. The van der Waals surface area contributed by atoms with Gasteiger partial charge in [-0.05, 0) is 48.4 Å². The largest absolute Gasteiger partial charge is 0.491 e. The standard InChI is InChI=1S/C18H22BrNO4S/c1-14-12-17(8-9-18(14)24-11-10-23-3)25(21,22)20(2)13-15-4-6-16(19)7-5-15/h4-9,12H,10-11,13H2,1-3H3. The molecule has 2 aromatic carbocycles. The van der Waals surface area contributed by atoms with Crippen molar-refractivity contribution in [2.45, 2.75) is 18.4 Å². The number of ether oxygens (including phenoxy) is 2. The van der Waals surface area contributed by atoms with Crippen LogP contribution in [0.2, 0.25) is 0 Å². The Morgan fingerprint density at radius 3 is 2.36 bits per heavy atom. The van der Waals surface area contributed by atoms with Crippen molar-refractivity contribution in [1.82, 2.24) is 4.31 Å². The Balaban J connectivity index is 2.14. The van der Waals surface area contributed by atoms with E-state index >= 15 is 0 Å². The molecule has 0 bridgehead atoms. The van der Waals surface area contributed by atoms with Crippen LogP contribution in [0.25, 0.3) is 0 Å². The lowest BCUT2D eigenvalue weighted by Crippen LogP contribution is -2.26. The minimum atomic E-state index is -3.57. The summed E-state index contributed by atoms with van der Waals surface area (Å²) < 4.78 is 38.4. The molecular formula is C18H22BrNO4S. The van der Waals surface area contributed by atoms with E-state index in [0.717, 1.165) is 15.6 Å². The van der Waals surface area contributed by atoms with E-state index in [4.69, 9.17) is 9.47 Å². The summed E-state index contributed by atoms with van der Waals surface area (Å²) in [5.41, 5.74) is 1.69. The summed E-state index contributed by atoms with van der Waals surface area (Å²) in [4.78, 5) is 0.253. The van der Waals surface area contributed by atoms with Crippen molar-refractivity contribution in [3.8, 4) is 5.75 Å². The molecule has 0 aliphatic rings. The molecule has 136 valence electrons. The number of hydrogen-bond donors (Lipinski definition) is 0. The average molecular weight is 428 g/mol. The van der Waals surface area contributed by atoms with Crippen molar-refractivity contribution < 1.29 is 17.9 Å². The van der Waals surface area contributed by atoms with Crippen LogP contribution in [0.4, 0.5) is 0 Å². The fourth-order valence-electron chi connectivity index (χ4n) is 2.29. The Morgan fingerprint density at radius 2 is 1.76 bits per heavy atom. The second-order valence-electron chi connectivity index (χ2n) is 5.66. The Kier molecular flexibility index (Phi) is 7.01. The molecule has 0 atom stereocenters. The van der Waals surface area contributed by atoms with E-state index in [0.29, 0.717) is 25.5 Å². The van der Waals surface area contributed by atoms with Gasteiger partial charge in [0, 0.05) is 25.2 Å². The molecule has 0 radical (unpaired) electrons. The number of halogens is 1. The monoisotopic (exact) mass is 427 g/mol. The lowest BCUT2D eigenvalue weighted by Gasteiger charge is -2.18. The fraction of sp³-hybridized carbons (Fsp3) is 0.333. The maximum Gasteiger partial charge on any atom is 0.243 e. The van der Waals surface area contributed by atoms with Crippen molar-refractivity contribution >= 4 is 26.0 Å². The van der Waals surface area contributed by atoms with Gasteiger partial charge >= 0.3 is 0 Å². The normalized spacial score (nSPS) is 11.7. The van der Waals surface area contributed by atoms with Gasteiger partial charge in [0.05, 0.1) is 11.5 Å². The van der Waals surface area contributed by atoms with E-state index in [1.807, 2.05) is 31.2 Å². The van der Waals surface area contributed by atoms with Crippen LogP contribution >= 0.6 is 15.9 Å². The number of aryl methyl sites for hydroxylation is 1. The molecule has 2 rings (SSSR count). The van der Waals surface area contributed by atoms with Gasteiger partial charge in [-0.15, -0.1) is 0 Å². The molecule has 0 N–H and O–H groups in total. The van der Waals surface area contributed by atoms with Gasteiger partial charge in [0.15, 0.2) is 0 Å². The number of rotatable bonds is 8. The maximum atomic E-state index is 12.8. The first-order valence-corrected chi connectivity index (χ1v) is 10.0. The first-order chi connectivity index (χ1) is 11.8. The third-order valence-corrected chi connectivity index (χ3v) is 6.05. The van der Waals surface area contributed by atoms with Gasteiger partial charge in [-0.2, -0.15) is 4.31 Å². The number of hydrogen-bond acceptors (Lipinski definition) is 4. The Hall–Kier alpha value is -1.41. The van der Waals surface area contributed by atoms with Crippen LogP contribution in [0.3, 0.4) is 0 Å². The van der Waals surface area contributed by atoms with Gasteiger partial charge < -0.3 is 9.47 Å². The van der Waals surface area contributed by atoms with Crippen LogP contribution in [-0.2, 0) is 21.3 Å². The van der Waals surface area contributed by atoms with Crippen molar-refractivity contribution in [2.24, 2.45) is 0 Å². The van der Waals surface area contributed by atoms with Crippen molar-refractivity contribution in [3.05, 3.63) is 58.1 Å². The van der Waals surface area contributed by atoms with Crippen molar-refractivity contribution in [2.75, 3.05) is 27.4 Å². The van der Waals surface area contributed by atoms with Crippen LogP contribution in [0.15, 0.2) is 51.8 Å². The first kappa shape index (κ1) is 19.9. The molecule has 0 saturated heterocycles. The summed E-state index contributed by atoms with van der Waals surface area (Å²) >= 11 is 3.37. The van der Waals surface area contributed by atoms with E-state index in [1.54, 1.807) is 32.4 Å². The minimum Gasteiger partial charge on any atom is -0.491 e. The van der Waals surface area contributed by atoms with E-state index in [2.05, 4.69) is 15.9 Å². The third-order valence-electron chi connectivity index (χ3n) is 3.72. The van der Waals surface area contributed by atoms with Crippen LogP contribution in [0, 0.1) is 6.92 Å². The van der Waals surface area contributed by atoms with Crippen LogP contribution in [0.1, 0.15) is 11.1 Å². The highest BCUT2D eigenvalue weighted by atomic mass is 79.9. The highest BCUT2D eigenvalue weighted by Crippen LogP contribution is 2.24. The van der Waals surface area contributed by atoms with Gasteiger partial charge in [0.25, 0.3) is 0 Å². The second kappa shape index (κ2) is 8.80. The highest BCUT2D eigenvalue weighted by molar-refractivity contribution is 9.10. The van der Waals surface area contributed by atoms with Gasteiger partial charge in [0.2, 0.25) is 10.0 Å². The SMILES string of the molecule is COCCOc1ccc(S(=O)(=O)N(C)Cc2ccc(Br)cc2)cc1C. The molecular weight excluding hydrogens is 406 g/mol. The van der Waals surface area contributed by atoms with Crippen LogP contribution in [0.5, 0.6) is 5.75 Å². The molecule has 0 saturated carbocycles. The quantitative estimate of drug-likeness (QED) is 0.603. The third kappa shape index (κ3) is 5.28. The lowest BCUT2D eigenvalue weighted by atomic mass is 10.2. The number of methoxy groups -OCH3 is 1. The predicted octanol–water partition coefficient (Wildman–Crippen LogP) is 3.60. The molecule has 0 aliphatic heterocycles. The molecule has 0 aliphatic carbocycles. The first-order valence-electron chi connectivity index (χ1n) is 7.78. The van der Waals surface area contributed by atoms with Gasteiger partial charge in [0.1, 0.15) is 12.4 Å². The van der Waals surface area contributed by atoms with Gasteiger partial charge in [-0.25, -0.2) is 8.42 Å². The van der Waals surface area contributed by atoms with Crippen molar-refractivity contribution in [1.29, 1.82) is 0 Å². The van der Waals surface area contributed by atoms with E-state index in [-0.39, 0.29) is 4.90 Å². The zero-order chi connectivity index (χ0) is 18.4. The Labute approximate surface area is 157 Å². The fourth-order valence-corrected chi connectivity index (χ4v) is 3.80. The van der Waals surface area contributed by atoms with Crippen LogP contribution in [-0.4, -0.2) is 40.1 Å². The number of nitrogens with zero attached hydrogens (tertiary/aromatic N) is 1. The highest BCUT2D eigenvalue weighted by Gasteiger charge is 2.21. The van der Waals surface area contributed by atoms with Gasteiger partial charge in [-0.1, -0.05) is 28.1 Å². The molecule has 25 heavy (non-hydrogen) atoms. The molecule has 5 nitrogen and oxygen atoms in total. The lowest BCUT2D eigenvalue weighted by molar-refractivity contribution is 0.146. The Bertz CT molecular complexity index is 806. The summed E-state index contributed by atoms with van der Waals surface area (Å²) in [6.45, 7) is 3.04. The summed E-state index contributed by atoms with van der Waals surface area (Å²) in [6.07, 6.45) is 0. The molecule has 7 heteroatoms. The van der Waals surface area contributed by atoms with E-state index < -0.39 is 10.0 Å². The summed E-state index contributed by atoms with van der Waals surface area (Å²) in [7, 11) is -0.387. The van der Waals surface area contributed by atoms with E-state index in [9.17, 15) is 8.42 Å². The molecule has 0 unspecified atom stereocenters. The molecule has 2 aromatic rings. The van der Waals surface area contributed by atoms with E-state index in [1.165, 1.54) is 4.31 Å². The molecule has 0 aromatic heterocycles. The molecule has 0 fully saturated rings.